The average Bonchev–Trinajstić information content (AvgIpc) is 3.01. The number of rotatable bonds is 7. The van der Waals surface area contributed by atoms with Crippen molar-refractivity contribution in [3.05, 3.63) is 47.5 Å². The van der Waals surface area contributed by atoms with Gasteiger partial charge >= 0.3 is 5.97 Å². The van der Waals surface area contributed by atoms with Gasteiger partial charge in [-0.2, -0.15) is 8.42 Å². The first kappa shape index (κ1) is 24.9. The minimum Gasteiger partial charge on any atom is -0.465 e. The van der Waals surface area contributed by atoms with Crippen LogP contribution in [0.1, 0.15) is 64.5 Å². The highest BCUT2D eigenvalue weighted by Gasteiger charge is 2.31. The average molecular weight is 474 g/mol. The summed E-state index contributed by atoms with van der Waals surface area (Å²) >= 11 is 0. The van der Waals surface area contributed by atoms with E-state index >= 15 is 0 Å². The maximum Gasteiger partial charge on any atom is 0.302 e. The topological polar surface area (TPSA) is 110 Å². The monoisotopic (exact) mass is 473 g/mol. The molecule has 1 aliphatic rings. The number of amides is 1. The van der Waals surface area contributed by atoms with Crippen LogP contribution >= 0.6 is 0 Å². The predicted molar refractivity (Wildman–Crippen MR) is 127 cm³/mol. The predicted octanol–water partition coefficient (Wildman–Crippen LogP) is 5.01. The van der Waals surface area contributed by atoms with E-state index in [1.165, 1.54) is 19.1 Å². The number of hydrogen-bond acceptors (Lipinski definition) is 5. The molecule has 0 radical (unpaired) electrons. The number of ether oxygens (including phenoxy) is 1. The molecule has 2 N–H and O–H groups in total. The van der Waals surface area contributed by atoms with Crippen molar-refractivity contribution in [2.45, 2.75) is 58.3 Å². The van der Waals surface area contributed by atoms with Gasteiger partial charge in [-0.15, -0.1) is 0 Å². The van der Waals surface area contributed by atoms with Crippen LogP contribution in [0.5, 0.6) is 0 Å². The Kier molecular flexibility index (Phi) is 7.00. The van der Waals surface area contributed by atoms with Gasteiger partial charge in [0.05, 0.1) is 4.90 Å². The van der Waals surface area contributed by atoms with E-state index in [2.05, 4.69) is 26.1 Å². The Morgan fingerprint density at radius 2 is 1.70 bits per heavy atom. The molecule has 2 atom stereocenters. The Balaban J connectivity index is 1.90. The van der Waals surface area contributed by atoms with E-state index in [4.69, 9.17) is 4.74 Å². The molecule has 0 aromatic heterocycles. The lowest BCUT2D eigenvalue weighted by molar-refractivity contribution is -0.141. The lowest BCUT2D eigenvalue weighted by Gasteiger charge is -2.21. The van der Waals surface area contributed by atoms with Crippen LogP contribution in [0, 0.1) is 11.3 Å². The highest BCUT2D eigenvalue weighted by atomic mass is 32.2. The van der Waals surface area contributed by atoms with E-state index in [1.54, 1.807) is 6.07 Å². The van der Waals surface area contributed by atoms with Gasteiger partial charge in [0.1, 0.15) is 6.61 Å². The second-order valence-electron chi connectivity index (χ2n) is 9.87. The number of esters is 1. The molecule has 0 bridgehead atoms. The first-order chi connectivity index (χ1) is 15.3. The number of anilines is 1. The highest BCUT2D eigenvalue weighted by Crippen LogP contribution is 2.46. The van der Waals surface area contributed by atoms with Crippen molar-refractivity contribution >= 4 is 27.7 Å². The molecule has 1 aliphatic carbocycles. The van der Waals surface area contributed by atoms with Gasteiger partial charge in [0, 0.05) is 24.4 Å². The van der Waals surface area contributed by atoms with Crippen LogP contribution in [-0.4, -0.2) is 31.5 Å². The zero-order chi connectivity index (χ0) is 24.6. The maximum atomic E-state index is 12.7. The molecular formula is C25H31NO6S. The van der Waals surface area contributed by atoms with Gasteiger partial charge in [-0.1, -0.05) is 39.8 Å². The molecule has 0 saturated carbocycles. The Morgan fingerprint density at radius 3 is 2.27 bits per heavy atom. The summed E-state index contributed by atoms with van der Waals surface area (Å²) in [6.07, 6.45) is 1.71. The summed E-state index contributed by atoms with van der Waals surface area (Å²) in [5.74, 6) is -1.09. The normalized spacial score (nSPS) is 16.0. The van der Waals surface area contributed by atoms with Crippen molar-refractivity contribution in [2.24, 2.45) is 11.3 Å². The minimum absolute atomic E-state index is 0.0175. The van der Waals surface area contributed by atoms with E-state index in [-0.39, 0.29) is 28.7 Å². The van der Waals surface area contributed by atoms with Crippen LogP contribution in [0.15, 0.2) is 41.3 Å². The number of hydrogen-bond donors (Lipinski definition) is 2. The number of benzene rings is 2. The summed E-state index contributed by atoms with van der Waals surface area (Å²) in [4.78, 5) is 24.0. The molecule has 0 aliphatic heterocycles. The zero-order valence-corrected chi connectivity index (χ0v) is 20.5. The maximum absolute atomic E-state index is 12.7. The third-order valence-corrected chi connectivity index (χ3v) is 6.76. The van der Waals surface area contributed by atoms with E-state index in [9.17, 15) is 22.6 Å². The Labute approximate surface area is 195 Å². The molecule has 178 valence electrons. The molecule has 3 rings (SSSR count). The second-order valence-corrected chi connectivity index (χ2v) is 11.3. The summed E-state index contributed by atoms with van der Waals surface area (Å²) in [5, 5.41) is 2.97. The summed E-state index contributed by atoms with van der Waals surface area (Å²) < 4.78 is 38.0. The largest absolute Gasteiger partial charge is 0.465 e. The van der Waals surface area contributed by atoms with E-state index in [0.29, 0.717) is 11.3 Å². The van der Waals surface area contributed by atoms with Gasteiger partial charge in [0.15, 0.2) is 0 Å². The minimum atomic E-state index is -4.38. The Morgan fingerprint density at radius 1 is 1.09 bits per heavy atom. The van der Waals surface area contributed by atoms with Crippen LogP contribution in [0.4, 0.5) is 5.69 Å². The summed E-state index contributed by atoms with van der Waals surface area (Å²) in [6, 6.07) is 9.90. The van der Waals surface area contributed by atoms with Crippen molar-refractivity contribution in [1.29, 1.82) is 0 Å². The molecule has 2 unspecified atom stereocenters. The number of nitrogens with one attached hydrogen (secondary N) is 1. The van der Waals surface area contributed by atoms with Gasteiger partial charge in [0.2, 0.25) is 5.91 Å². The first-order valence-electron chi connectivity index (χ1n) is 11.0. The fraction of sp³-hybridized carbons (Fsp3) is 0.440. The molecule has 33 heavy (non-hydrogen) atoms. The van der Waals surface area contributed by atoms with E-state index in [0.717, 1.165) is 29.5 Å². The fourth-order valence-corrected chi connectivity index (χ4v) is 4.52. The zero-order valence-electron chi connectivity index (χ0n) is 19.6. The summed E-state index contributed by atoms with van der Waals surface area (Å²) in [6.45, 7) is 9.67. The molecule has 2 aromatic carbocycles. The van der Waals surface area contributed by atoms with Crippen LogP contribution in [0.25, 0.3) is 11.1 Å². The van der Waals surface area contributed by atoms with Crippen molar-refractivity contribution in [1.82, 2.24) is 0 Å². The lowest BCUT2D eigenvalue weighted by atomic mass is 9.87. The van der Waals surface area contributed by atoms with Crippen LogP contribution in [-0.2, 0) is 24.4 Å². The van der Waals surface area contributed by atoms with Crippen LogP contribution in [0.2, 0.25) is 0 Å². The third-order valence-electron chi connectivity index (χ3n) is 5.91. The molecule has 7 nitrogen and oxygen atoms in total. The van der Waals surface area contributed by atoms with Crippen molar-refractivity contribution in [3.8, 4) is 11.1 Å². The van der Waals surface area contributed by atoms with Gasteiger partial charge in [-0.25, -0.2) is 0 Å². The van der Waals surface area contributed by atoms with Crippen molar-refractivity contribution in [2.75, 3.05) is 11.9 Å². The third kappa shape index (κ3) is 6.00. The summed E-state index contributed by atoms with van der Waals surface area (Å²) in [5.41, 5.74) is 3.90. The molecule has 0 heterocycles. The Hall–Kier alpha value is -2.71. The van der Waals surface area contributed by atoms with Gasteiger partial charge in [-0.3, -0.25) is 14.1 Å². The Bertz CT molecular complexity index is 1180. The molecule has 0 spiro atoms. The number of carbonyl (C=O) groups excluding carboxylic acids is 2. The lowest BCUT2D eigenvalue weighted by Crippen LogP contribution is -2.22. The smallest absolute Gasteiger partial charge is 0.302 e. The summed E-state index contributed by atoms with van der Waals surface area (Å²) in [7, 11) is -4.38. The molecule has 2 aromatic rings. The van der Waals surface area contributed by atoms with E-state index < -0.39 is 22.0 Å². The number of fused-ring (bicyclic) bond motifs is 3. The second kappa shape index (κ2) is 9.27. The first-order valence-corrected chi connectivity index (χ1v) is 12.4. The molecule has 8 heteroatoms. The van der Waals surface area contributed by atoms with Crippen LogP contribution in [0.3, 0.4) is 0 Å². The number of carbonyl (C=O) groups is 2. The van der Waals surface area contributed by atoms with Gasteiger partial charge < -0.3 is 10.1 Å². The quantitative estimate of drug-likeness (QED) is 0.432. The molecule has 0 fully saturated rings. The molecule has 1 amide bonds. The van der Waals surface area contributed by atoms with Gasteiger partial charge in [0.25, 0.3) is 10.1 Å². The van der Waals surface area contributed by atoms with Crippen LogP contribution < -0.4 is 5.32 Å². The fourth-order valence-electron chi connectivity index (χ4n) is 4.00. The molecular weight excluding hydrogens is 442 g/mol. The highest BCUT2D eigenvalue weighted by molar-refractivity contribution is 7.85. The van der Waals surface area contributed by atoms with Crippen molar-refractivity contribution in [3.63, 3.8) is 0 Å². The standard InChI is InChI=1S/C25H31NO6S/c1-15(10-11-25(3,4)5)24(28)26-17-6-8-19-20-9-7-18(33(29,30)31)13-22(20)23(21(19)12-17)14-32-16(2)27/h6-9,12-13,15,23H,10-11,14H2,1-5H3,(H,26,28)(H,29,30,31). The SMILES string of the molecule is CC(=O)OCC1c2cc(NC(=O)C(C)CCC(C)(C)C)ccc2-c2ccc(S(=O)(=O)O)cc21. The van der Waals surface area contributed by atoms with E-state index in [1.807, 2.05) is 25.1 Å². The van der Waals surface area contributed by atoms with Gasteiger partial charge in [-0.05, 0) is 64.8 Å². The molecule has 0 saturated heterocycles. The van der Waals surface area contributed by atoms with Crippen molar-refractivity contribution < 1.29 is 27.3 Å².